The highest BCUT2D eigenvalue weighted by atomic mass is 32.3. The zero-order chi connectivity index (χ0) is 50.2. The molecule has 42 heteroatoms. The van der Waals surface area contributed by atoms with E-state index in [1.165, 1.54) is 9.44 Å². The third-order valence-corrected chi connectivity index (χ3v) is 11.4. The fraction of sp³-hybridized carbons (Fsp3) is 0.833. The van der Waals surface area contributed by atoms with Gasteiger partial charge in [0.15, 0.2) is 31.1 Å². The third kappa shape index (κ3) is 15.4. The Kier molecular flexibility index (Phi) is 17.9. The average molecular weight is 1070 g/mol. The van der Waals surface area contributed by atoms with Gasteiger partial charge in [0.05, 0.1) is 13.2 Å². The summed E-state index contributed by atoms with van der Waals surface area (Å²) in [5.41, 5.74) is 0. The Bertz CT molecular complexity index is 2340. The molecular weight excluding hydrogens is 1040 g/mol. The summed E-state index contributed by atoms with van der Waals surface area (Å²) >= 11 is 0. The molecule has 3 fully saturated rings. The van der Waals surface area contributed by atoms with Gasteiger partial charge in [-0.2, -0.15) is 51.5 Å². The Hall–Kier alpha value is -2.65. The van der Waals surface area contributed by atoms with E-state index in [4.69, 9.17) is 37.7 Å². The molecular formula is C24H38N2O35S5. The highest BCUT2D eigenvalue weighted by Gasteiger charge is 2.57. The van der Waals surface area contributed by atoms with Crippen molar-refractivity contribution in [1.82, 2.24) is 9.44 Å². The van der Waals surface area contributed by atoms with Crippen molar-refractivity contribution in [3.05, 3.63) is 11.8 Å². The normalized spacial score (nSPS) is 38.5. The Labute approximate surface area is 368 Å². The number of hydrogen-bond donors (Lipinski definition) is 15. The van der Waals surface area contributed by atoms with Crippen LogP contribution in [0.3, 0.4) is 0 Å². The van der Waals surface area contributed by atoms with Crippen molar-refractivity contribution in [3.8, 4) is 0 Å². The minimum absolute atomic E-state index is 0.307. The lowest BCUT2D eigenvalue weighted by Gasteiger charge is -2.49. The molecule has 0 aromatic rings. The predicted octanol–water partition coefficient (Wildman–Crippen LogP) is -10.1. The summed E-state index contributed by atoms with van der Waals surface area (Å²) < 4.78 is 214. The molecule has 18 atom stereocenters. The quantitative estimate of drug-likeness (QED) is 0.0503. The van der Waals surface area contributed by atoms with Crippen molar-refractivity contribution in [1.29, 1.82) is 0 Å². The van der Waals surface area contributed by atoms with Crippen LogP contribution < -0.4 is 9.44 Å². The second-order valence-corrected chi connectivity index (χ2v) is 19.2. The van der Waals surface area contributed by atoms with Gasteiger partial charge in [0.2, 0.25) is 12.0 Å². The van der Waals surface area contributed by atoms with Gasteiger partial charge in [-0.25, -0.2) is 22.1 Å². The van der Waals surface area contributed by atoms with Gasteiger partial charge in [0.25, 0.3) is 0 Å². The van der Waals surface area contributed by atoms with E-state index in [1.807, 2.05) is 0 Å². The van der Waals surface area contributed by atoms with Gasteiger partial charge in [-0.05, 0) is 6.08 Å². The van der Waals surface area contributed by atoms with Crippen molar-refractivity contribution >= 4 is 63.7 Å². The van der Waals surface area contributed by atoms with Crippen molar-refractivity contribution in [2.75, 3.05) is 13.2 Å². The molecule has 0 saturated carbocycles. The van der Waals surface area contributed by atoms with Crippen LogP contribution in [0.15, 0.2) is 11.8 Å². The summed E-state index contributed by atoms with van der Waals surface area (Å²) in [6.07, 6.45) is -41.1. The van der Waals surface area contributed by atoms with E-state index in [2.05, 4.69) is 12.5 Å². The highest BCUT2D eigenvalue weighted by molar-refractivity contribution is 7.84. The molecule has 0 aliphatic carbocycles. The summed E-state index contributed by atoms with van der Waals surface area (Å²) in [6.45, 7) is -3.05. The van der Waals surface area contributed by atoms with Crippen LogP contribution in [0.5, 0.6) is 0 Å². The van der Waals surface area contributed by atoms with Crippen LogP contribution in [-0.2, 0) is 107 Å². The molecule has 4 heterocycles. The third-order valence-electron chi connectivity index (χ3n) is 8.97. The van der Waals surface area contributed by atoms with Crippen molar-refractivity contribution in [2.45, 2.75) is 110 Å². The van der Waals surface area contributed by atoms with Crippen LogP contribution in [0, 0.1) is 0 Å². The maximum atomic E-state index is 12.5. The van der Waals surface area contributed by atoms with Crippen molar-refractivity contribution in [3.63, 3.8) is 0 Å². The van der Waals surface area contributed by atoms with Crippen molar-refractivity contribution in [2.24, 2.45) is 0 Å². The lowest BCUT2D eigenvalue weighted by molar-refractivity contribution is -0.364. The Morgan fingerprint density at radius 3 is 1.50 bits per heavy atom. The molecule has 0 unspecified atom stereocenters. The molecule has 0 aromatic carbocycles. The molecule has 15 N–H and O–H groups in total. The number of aliphatic carboxylic acids is 2. The van der Waals surface area contributed by atoms with Crippen LogP contribution in [0.4, 0.5) is 0 Å². The monoisotopic (exact) mass is 1070 g/mol. The summed E-state index contributed by atoms with van der Waals surface area (Å²) in [5, 5.41) is 84.7. The predicted molar refractivity (Wildman–Crippen MR) is 189 cm³/mol. The molecule has 0 amide bonds. The van der Waals surface area contributed by atoms with Gasteiger partial charge in [-0.15, -0.1) is 0 Å². The van der Waals surface area contributed by atoms with E-state index in [9.17, 15) is 111 Å². The van der Waals surface area contributed by atoms with Gasteiger partial charge < -0.3 is 74.0 Å². The minimum atomic E-state index is -5.67. The summed E-state index contributed by atoms with van der Waals surface area (Å²) in [7, 11) is -27.6. The average Bonchev–Trinajstić information content (AvgIpc) is 3.14. The summed E-state index contributed by atoms with van der Waals surface area (Å²) in [4.78, 5) is 24.2. The molecule has 66 heavy (non-hydrogen) atoms. The zero-order valence-corrected chi connectivity index (χ0v) is 35.8. The Morgan fingerprint density at radius 1 is 0.561 bits per heavy atom. The van der Waals surface area contributed by atoms with Crippen LogP contribution in [0.2, 0.25) is 0 Å². The number of aliphatic hydroxyl groups excluding tert-OH is 6. The van der Waals surface area contributed by atoms with E-state index in [0.29, 0.717) is 6.08 Å². The Balaban J connectivity index is 1.71. The van der Waals surface area contributed by atoms with E-state index >= 15 is 0 Å². The van der Waals surface area contributed by atoms with Crippen molar-refractivity contribution < 1.29 is 161 Å². The SMILES string of the molecule is O=C(O)C1=C[C@H](O)[C@@H](OS(=O)(=O)O)[C@H](O[C@H]2[C@H](O)[C@@H](NS(=O)(=O)O)[C@@H](O[C@H]3[C@H](O)[C@@H](O)[C@H](O[C@H]4[C@H](O)[C@@H](NS(=O)(=O)O)[C@H](O)O[C@@H]4COS(=O)(=O)O)O[C@H]3C(=O)O)O[C@@H]2COS(=O)(=O)O)O1. The van der Waals surface area contributed by atoms with Gasteiger partial charge in [-0.1, -0.05) is 0 Å². The number of nitrogens with one attached hydrogen (secondary N) is 2. The molecule has 4 aliphatic rings. The fourth-order valence-electron chi connectivity index (χ4n) is 6.35. The first kappa shape index (κ1) is 55.9. The van der Waals surface area contributed by atoms with E-state index in [0.717, 1.165) is 0 Å². The van der Waals surface area contributed by atoms with Gasteiger partial charge in [0.1, 0.15) is 73.1 Å². The molecule has 0 spiro atoms. The van der Waals surface area contributed by atoms with Crippen LogP contribution >= 0.6 is 0 Å². The van der Waals surface area contributed by atoms with Gasteiger partial charge in [-0.3, -0.25) is 22.8 Å². The molecule has 4 rings (SSSR count). The van der Waals surface area contributed by atoms with Crippen LogP contribution in [0.1, 0.15) is 0 Å². The molecule has 37 nitrogen and oxygen atoms in total. The summed E-state index contributed by atoms with van der Waals surface area (Å²) in [5.74, 6) is -5.47. The molecule has 0 radical (unpaired) electrons. The number of rotatable bonds is 20. The van der Waals surface area contributed by atoms with Crippen LogP contribution in [-0.4, -0.2) is 241 Å². The minimum Gasteiger partial charge on any atom is -0.479 e. The second kappa shape index (κ2) is 21.1. The number of aliphatic hydroxyl groups is 6. The molecule has 0 aromatic heterocycles. The van der Waals surface area contributed by atoms with Gasteiger partial charge >= 0.3 is 63.7 Å². The number of hydrogen-bond acceptors (Lipinski definition) is 28. The lowest BCUT2D eigenvalue weighted by atomic mass is 9.95. The second-order valence-electron chi connectivity index (χ2n) is 13.6. The van der Waals surface area contributed by atoms with Crippen LogP contribution in [0.25, 0.3) is 0 Å². The molecule has 0 bridgehead atoms. The molecule has 384 valence electrons. The highest BCUT2D eigenvalue weighted by Crippen LogP contribution is 2.35. The maximum Gasteiger partial charge on any atom is 0.397 e. The van der Waals surface area contributed by atoms with E-state index in [1.54, 1.807) is 0 Å². The fourth-order valence-corrected chi connectivity index (χ4v) is 8.65. The van der Waals surface area contributed by atoms with E-state index in [-0.39, 0.29) is 0 Å². The standard InChI is InChI=1S/C24H38N2O35S5/c27-4-1-5(19(32)33)55-24(14(4)61-66(49,50)51)58-16-7(3-53-65(46,47)48)56-22(9(11(16)29)26-63(40,41)42)59-17-12(30)13(31)23(60-18(17)20(34)35)57-15-6(2-52-64(43,44)45)54-21(36)8(10(15)28)25-62(37,38)39/h1,4,6-18,21-31,36H,2-3H2,(H,32,33)(H,34,35)(H,37,38,39)(H,40,41,42)(H,43,44,45)(H,46,47,48)(H,49,50,51)/t4-,6+,7+,8+,9+,10+,11+,12+,13+,14+,15+,16+,17-,18+,21+,22+,23+,24-/m0/s1. The first-order valence-electron chi connectivity index (χ1n) is 17.2. The number of carboxylic acid groups (broad SMARTS) is 2. The lowest BCUT2D eigenvalue weighted by Crippen LogP contribution is -2.70. The topological polar surface area (TPSA) is 584 Å². The smallest absolute Gasteiger partial charge is 0.397 e. The van der Waals surface area contributed by atoms with E-state index < -0.39 is 193 Å². The Morgan fingerprint density at radius 2 is 1.03 bits per heavy atom. The molecule has 3 saturated heterocycles. The molecule has 4 aliphatic heterocycles. The summed E-state index contributed by atoms with van der Waals surface area (Å²) in [6, 6.07) is -5.02. The zero-order valence-electron chi connectivity index (χ0n) is 31.7. The maximum absolute atomic E-state index is 12.5. The number of ether oxygens (including phenoxy) is 7. The van der Waals surface area contributed by atoms with Gasteiger partial charge in [0, 0.05) is 0 Å². The number of carboxylic acids is 2. The first-order valence-corrected chi connectivity index (χ1v) is 24.2. The first-order chi connectivity index (χ1) is 29.9. The largest absolute Gasteiger partial charge is 0.479 e. The number of carbonyl (C=O) groups is 2.